The largest absolute Gasteiger partial charge is 0.375 e. The number of aliphatic hydroxyl groups is 1. The van der Waals surface area contributed by atoms with Crippen molar-refractivity contribution in [3.8, 4) is 0 Å². The van der Waals surface area contributed by atoms with Gasteiger partial charge in [0, 0.05) is 40.9 Å². The molecular formula is C27H25ClF2N4O3. The lowest BCUT2D eigenvalue weighted by Gasteiger charge is -2.33. The van der Waals surface area contributed by atoms with E-state index in [1.165, 1.54) is 25.3 Å². The van der Waals surface area contributed by atoms with Crippen LogP contribution in [0.25, 0.3) is 0 Å². The summed E-state index contributed by atoms with van der Waals surface area (Å²) in [4.78, 5) is 30.1. The number of halogens is 3. The van der Waals surface area contributed by atoms with Gasteiger partial charge in [-0.05, 0) is 54.5 Å². The van der Waals surface area contributed by atoms with Gasteiger partial charge in [0.05, 0.1) is 0 Å². The average Bonchev–Trinajstić information content (AvgIpc) is 3.49. The molecule has 192 valence electrons. The molecule has 3 aromatic rings. The molecular weight excluding hydrogens is 502 g/mol. The second kappa shape index (κ2) is 9.64. The zero-order valence-corrected chi connectivity index (χ0v) is 21.1. The molecule has 2 atom stereocenters. The molecule has 4 rings (SSSR count). The van der Waals surface area contributed by atoms with Crippen molar-refractivity contribution in [3.05, 3.63) is 94.2 Å². The predicted octanol–water partition coefficient (Wildman–Crippen LogP) is 4.85. The molecule has 1 aliphatic heterocycles. The van der Waals surface area contributed by atoms with E-state index in [4.69, 9.17) is 11.6 Å². The molecule has 2 heterocycles. The molecule has 0 saturated heterocycles. The minimum atomic E-state index is -2.54. The molecule has 0 aliphatic carbocycles. The van der Waals surface area contributed by atoms with Gasteiger partial charge in [0.2, 0.25) is 0 Å². The molecule has 2 unspecified atom stereocenters. The van der Waals surface area contributed by atoms with Crippen LogP contribution in [0.2, 0.25) is 5.02 Å². The normalized spacial score (nSPS) is 18.6. The summed E-state index contributed by atoms with van der Waals surface area (Å²) < 4.78 is 28.2. The Bertz CT molecular complexity index is 1380. The number of carbonyl (C=O) groups is 2. The van der Waals surface area contributed by atoms with Gasteiger partial charge in [-0.25, -0.2) is 8.78 Å². The molecule has 0 spiro atoms. The second-order valence-corrected chi connectivity index (χ2v) is 10.0. The number of allylic oxidation sites excluding steroid dienone is 1. The Morgan fingerprint density at radius 2 is 1.73 bits per heavy atom. The Balaban J connectivity index is 1.69. The van der Waals surface area contributed by atoms with E-state index in [-0.39, 0.29) is 11.4 Å². The van der Waals surface area contributed by atoms with Gasteiger partial charge in [-0.1, -0.05) is 37.6 Å². The van der Waals surface area contributed by atoms with E-state index in [9.17, 15) is 23.5 Å². The lowest BCUT2D eigenvalue weighted by atomic mass is 9.78. The van der Waals surface area contributed by atoms with Crippen LogP contribution in [0.15, 0.2) is 65.7 Å². The van der Waals surface area contributed by atoms with E-state index in [0.717, 1.165) is 17.7 Å². The average molecular weight is 527 g/mol. The quantitative estimate of drug-likeness (QED) is 0.390. The van der Waals surface area contributed by atoms with E-state index in [1.807, 2.05) is 26.0 Å². The first-order valence-electron chi connectivity index (χ1n) is 11.4. The number of rotatable bonds is 8. The zero-order valence-electron chi connectivity index (χ0n) is 20.3. The molecule has 1 aromatic heterocycles. The van der Waals surface area contributed by atoms with Crippen LogP contribution in [0.1, 0.15) is 44.0 Å². The first-order chi connectivity index (χ1) is 17.4. The summed E-state index contributed by atoms with van der Waals surface area (Å²) in [6.45, 7) is 5.15. The molecule has 0 saturated carbocycles. The SMILES string of the molecule is CC(=O)C1(CC(O)(C(=O)Nc2cc(C(C)(C)c3ccc(Cl)cc3)[nH]n2)c2cc(F)cc(F)c2)C=CC=N1. The number of nitrogens with one attached hydrogen (secondary N) is 2. The number of carbonyl (C=O) groups excluding carboxylic acids is 2. The third-order valence-corrected chi connectivity index (χ3v) is 6.92. The van der Waals surface area contributed by atoms with Gasteiger partial charge in [-0.2, -0.15) is 5.10 Å². The number of aromatic nitrogens is 2. The van der Waals surface area contributed by atoms with Crippen molar-refractivity contribution in [2.24, 2.45) is 4.99 Å². The fourth-order valence-corrected chi connectivity index (χ4v) is 4.43. The maximum absolute atomic E-state index is 14.1. The van der Waals surface area contributed by atoms with Crippen molar-refractivity contribution in [1.29, 1.82) is 0 Å². The third kappa shape index (κ3) is 5.10. The Hall–Kier alpha value is -3.69. The molecule has 0 radical (unpaired) electrons. The Morgan fingerprint density at radius 1 is 1.08 bits per heavy atom. The zero-order chi connectivity index (χ0) is 27.0. The highest BCUT2D eigenvalue weighted by Gasteiger charge is 2.49. The van der Waals surface area contributed by atoms with E-state index >= 15 is 0 Å². The number of hydrogen-bond acceptors (Lipinski definition) is 5. The minimum absolute atomic E-state index is 0.0691. The third-order valence-electron chi connectivity index (χ3n) is 6.67. The highest BCUT2D eigenvalue weighted by Crippen LogP contribution is 2.38. The van der Waals surface area contributed by atoms with Gasteiger partial charge in [0.1, 0.15) is 17.2 Å². The summed E-state index contributed by atoms with van der Waals surface area (Å²) in [7, 11) is 0. The molecule has 37 heavy (non-hydrogen) atoms. The van der Waals surface area contributed by atoms with Crippen LogP contribution in [-0.2, 0) is 20.6 Å². The fraction of sp³-hybridized carbons (Fsp3) is 0.259. The van der Waals surface area contributed by atoms with Crippen LogP contribution < -0.4 is 5.32 Å². The van der Waals surface area contributed by atoms with Crippen LogP contribution in [0.4, 0.5) is 14.6 Å². The Labute approximate surface area is 217 Å². The van der Waals surface area contributed by atoms with Crippen LogP contribution in [0, 0.1) is 11.6 Å². The number of anilines is 1. The summed E-state index contributed by atoms with van der Waals surface area (Å²) >= 11 is 6.00. The number of Topliss-reactive ketones (excluding diaryl/α,β-unsaturated/α-hetero) is 1. The second-order valence-electron chi connectivity index (χ2n) is 9.57. The first-order valence-corrected chi connectivity index (χ1v) is 11.8. The number of H-pyrrole nitrogens is 1. The lowest BCUT2D eigenvalue weighted by molar-refractivity contribution is -0.138. The lowest BCUT2D eigenvalue weighted by Crippen LogP contribution is -2.48. The van der Waals surface area contributed by atoms with Crippen LogP contribution in [0.5, 0.6) is 0 Å². The summed E-state index contributed by atoms with van der Waals surface area (Å²) in [5.74, 6) is -3.39. The monoisotopic (exact) mass is 526 g/mol. The topological polar surface area (TPSA) is 107 Å². The smallest absolute Gasteiger partial charge is 0.262 e. The standard InChI is InChI=1S/C27H25ClF2N4O3/c1-16(35)26(9-4-10-31-26)15-27(37,18-11-20(29)13-21(30)12-18)24(36)32-23-14-22(33-34-23)25(2,3)17-5-7-19(28)8-6-17/h4-14,37H,15H2,1-3H3,(H2,32,33,34,36). The molecule has 1 aliphatic rings. The highest BCUT2D eigenvalue weighted by atomic mass is 35.5. The molecule has 7 nitrogen and oxygen atoms in total. The summed E-state index contributed by atoms with van der Waals surface area (Å²) in [6, 6.07) is 11.2. The number of benzene rings is 2. The van der Waals surface area contributed by atoms with Crippen LogP contribution >= 0.6 is 11.6 Å². The van der Waals surface area contributed by atoms with Crippen LogP contribution in [-0.4, -0.2) is 38.7 Å². The number of aliphatic imine (C=N–C) groups is 1. The summed E-state index contributed by atoms with van der Waals surface area (Å²) in [5, 5.41) is 21.8. The first kappa shape index (κ1) is 26.4. The maximum atomic E-state index is 14.1. The van der Waals surface area contributed by atoms with Crippen molar-refractivity contribution in [2.45, 2.75) is 43.7 Å². The van der Waals surface area contributed by atoms with Gasteiger partial charge >= 0.3 is 0 Å². The van der Waals surface area contributed by atoms with Gasteiger partial charge < -0.3 is 10.4 Å². The number of hydrogen-bond donors (Lipinski definition) is 3. The predicted molar refractivity (Wildman–Crippen MR) is 137 cm³/mol. The van der Waals surface area contributed by atoms with E-state index < -0.39 is 46.3 Å². The molecule has 3 N–H and O–H groups in total. The number of ketones is 1. The molecule has 10 heteroatoms. The van der Waals surface area contributed by atoms with E-state index in [2.05, 4.69) is 20.5 Å². The van der Waals surface area contributed by atoms with Crippen molar-refractivity contribution < 1.29 is 23.5 Å². The van der Waals surface area contributed by atoms with Gasteiger partial charge in [0.15, 0.2) is 17.2 Å². The maximum Gasteiger partial charge on any atom is 0.262 e. The fourth-order valence-electron chi connectivity index (χ4n) is 4.30. The van der Waals surface area contributed by atoms with Crippen molar-refractivity contribution in [1.82, 2.24) is 10.2 Å². The Kier molecular flexibility index (Phi) is 6.87. The van der Waals surface area contributed by atoms with Crippen molar-refractivity contribution in [2.75, 3.05) is 5.32 Å². The summed E-state index contributed by atoms with van der Waals surface area (Å²) in [5.41, 5.74) is -3.46. The van der Waals surface area contributed by atoms with Crippen LogP contribution in [0.3, 0.4) is 0 Å². The van der Waals surface area contributed by atoms with Gasteiger partial charge in [-0.3, -0.25) is 19.7 Å². The number of amides is 1. The van der Waals surface area contributed by atoms with Gasteiger partial charge in [0.25, 0.3) is 5.91 Å². The van der Waals surface area contributed by atoms with Crippen molar-refractivity contribution >= 4 is 35.3 Å². The van der Waals surface area contributed by atoms with Crippen molar-refractivity contribution in [3.63, 3.8) is 0 Å². The molecule has 0 bridgehead atoms. The van der Waals surface area contributed by atoms with E-state index in [1.54, 1.807) is 18.2 Å². The number of nitrogens with zero attached hydrogens (tertiary/aromatic N) is 2. The minimum Gasteiger partial charge on any atom is -0.375 e. The number of aromatic amines is 1. The molecule has 1 amide bonds. The van der Waals surface area contributed by atoms with E-state index in [0.29, 0.717) is 16.8 Å². The Morgan fingerprint density at radius 3 is 2.30 bits per heavy atom. The molecule has 2 aromatic carbocycles. The highest BCUT2D eigenvalue weighted by molar-refractivity contribution is 6.30. The van der Waals surface area contributed by atoms with Gasteiger partial charge in [-0.15, -0.1) is 0 Å². The molecule has 0 fully saturated rings. The summed E-state index contributed by atoms with van der Waals surface area (Å²) in [6.07, 6.45) is 3.73.